The Kier molecular flexibility index (Phi) is 7.03. The van der Waals surface area contributed by atoms with Crippen LogP contribution in [-0.4, -0.2) is 43.8 Å². The molecule has 4 rings (SSSR count). The van der Waals surface area contributed by atoms with Crippen LogP contribution in [0.3, 0.4) is 0 Å². The zero-order valence-electron chi connectivity index (χ0n) is 18.9. The summed E-state index contributed by atoms with van der Waals surface area (Å²) in [4.78, 5) is 28.6. The summed E-state index contributed by atoms with van der Waals surface area (Å²) < 4.78 is 7.18. The number of nitrogens with one attached hydrogen (secondary N) is 1. The second-order valence-corrected chi connectivity index (χ2v) is 8.77. The Morgan fingerprint density at radius 2 is 1.76 bits per heavy atom. The van der Waals surface area contributed by atoms with Crippen LogP contribution in [0.25, 0.3) is 17.1 Å². The molecule has 0 fully saturated rings. The molecule has 2 aromatic heterocycles. The highest BCUT2D eigenvalue weighted by molar-refractivity contribution is 8.00. The number of nitrogens with zero attached hydrogens (tertiary/aromatic N) is 4. The molecular weight excluding hydrogens is 450 g/mol. The minimum Gasteiger partial charge on any atom is -0.497 e. The molecule has 0 bridgehead atoms. The number of thioether (sulfide) groups is 1. The Labute approximate surface area is 201 Å². The number of ketones is 1. The van der Waals surface area contributed by atoms with Crippen molar-refractivity contribution in [2.45, 2.75) is 24.3 Å². The van der Waals surface area contributed by atoms with Crippen LogP contribution in [0.2, 0.25) is 0 Å². The second-order valence-electron chi connectivity index (χ2n) is 7.46. The Morgan fingerprint density at radius 3 is 2.44 bits per heavy atom. The van der Waals surface area contributed by atoms with E-state index in [0.717, 1.165) is 17.0 Å². The summed E-state index contributed by atoms with van der Waals surface area (Å²) in [6.07, 6.45) is 3.39. The van der Waals surface area contributed by atoms with Crippen LogP contribution in [-0.2, 0) is 4.79 Å². The first-order chi connectivity index (χ1) is 16.5. The molecule has 2 heterocycles. The Morgan fingerprint density at radius 1 is 1.03 bits per heavy atom. The number of ether oxygens (including phenoxy) is 1. The number of amides is 1. The van der Waals surface area contributed by atoms with E-state index in [1.54, 1.807) is 50.7 Å². The van der Waals surface area contributed by atoms with Crippen LogP contribution in [0, 0.1) is 0 Å². The van der Waals surface area contributed by atoms with E-state index in [2.05, 4.69) is 20.5 Å². The van der Waals surface area contributed by atoms with E-state index >= 15 is 0 Å². The van der Waals surface area contributed by atoms with Gasteiger partial charge in [-0.2, -0.15) is 0 Å². The van der Waals surface area contributed by atoms with Crippen molar-refractivity contribution < 1.29 is 14.3 Å². The Hall–Kier alpha value is -3.98. The summed E-state index contributed by atoms with van der Waals surface area (Å²) in [5.41, 5.74) is 2.80. The average molecular weight is 474 g/mol. The van der Waals surface area contributed by atoms with Crippen molar-refractivity contribution in [3.05, 3.63) is 78.6 Å². The van der Waals surface area contributed by atoms with Crippen molar-refractivity contribution in [3.63, 3.8) is 0 Å². The van der Waals surface area contributed by atoms with Gasteiger partial charge in [0.05, 0.1) is 12.4 Å². The maximum atomic E-state index is 12.9. The molecule has 0 saturated heterocycles. The van der Waals surface area contributed by atoms with E-state index < -0.39 is 5.25 Å². The third-order valence-corrected chi connectivity index (χ3v) is 6.13. The Bertz CT molecular complexity index is 1310. The van der Waals surface area contributed by atoms with Gasteiger partial charge in [0, 0.05) is 34.9 Å². The number of Topliss-reactive ketones (excluding diaryl/α,β-unsaturated/α-hetero) is 1. The molecule has 0 radical (unpaired) electrons. The van der Waals surface area contributed by atoms with Crippen LogP contribution >= 0.6 is 11.8 Å². The number of methoxy groups -OCH3 is 1. The summed E-state index contributed by atoms with van der Waals surface area (Å²) in [6.45, 7) is 3.29. The van der Waals surface area contributed by atoms with Crippen LogP contribution in [0.1, 0.15) is 24.2 Å². The first kappa shape index (κ1) is 23.2. The highest BCUT2D eigenvalue weighted by atomic mass is 32.2. The number of hydrogen-bond donors (Lipinski definition) is 1. The topological polar surface area (TPSA) is 99.0 Å². The SMILES string of the molecule is COc1ccc(-n2c(S[C@H](C)C(=O)Nc3cccc(C(C)=O)c3)nnc2-c2ccncc2)cc1. The monoisotopic (exact) mass is 473 g/mol. The number of pyridine rings is 1. The lowest BCUT2D eigenvalue weighted by Gasteiger charge is -2.14. The normalized spacial score (nSPS) is 11.6. The summed E-state index contributed by atoms with van der Waals surface area (Å²) in [6, 6.07) is 18.1. The van der Waals surface area contributed by atoms with Gasteiger partial charge in [-0.05, 0) is 62.4 Å². The number of rotatable bonds is 8. The molecule has 0 aliphatic carbocycles. The van der Waals surface area contributed by atoms with E-state index in [1.807, 2.05) is 41.0 Å². The molecule has 2 aromatic carbocycles. The highest BCUT2D eigenvalue weighted by Crippen LogP contribution is 2.31. The standard InChI is InChI=1S/C25H23N5O3S/c1-16(31)19-5-4-6-20(15-19)27-24(32)17(2)34-25-29-28-23(18-11-13-26-14-12-18)30(25)21-7-9-22(33-3)10-8-21/h4-15,17H,1-3H3,(H,27,32)/t17-/m1/s1. The molecule has 9 heteroatoms. The molecule has 1 amide bonds. The first-order valence-corrected chi connectivity index (χ1v) is 11.4. The molecular formula is C25H23N5O3S. The molecule has 34 heavy (non-hydrogen) atoms. The third-order valence-electron chi connectivity index (χ3n) is 5.09. The summed E-state index contributed by atoms with van der Waals surface area (Å²) in [5.74, 6) is 1.10. The number of aromatic nitrogens is 4. The number of carbonyl (C=O) groups excluding carboxylic acids is 2. The minimum atomic E-state index is -0.479. The summed E-state index contributed by atoms with van der Waals surface area (Å²) in [7, 11) is 1.61. The van der Waals surface area contributed by atoms with Crippen molar-refractivity contribution in [1.82, 2.24) is 19.7 Å². The van der Waals surface area contributed by atoms with Crippen LogP contribution in [0.4, 0.5) is 5.69 Å². The maximum absolute atomic E-state index is 12.9. The molecule has 1 N–H and O–H groups in total. The van der Waals surface area contributed by atoms with Gasteiger partial charge in [-0.15, -0.1) is 10.2 Å². The predicted octanol–water partition coefficient (Wildman–Crippen LogP) is 4.66. The van der Waals surface area contributed by atoms with Gasteiger partial charge in [0.1, 0.15) is 5.75 Å². The molecule has 1 atom stereocenters. The fraction of sp³-hybridized carbons (Fsp3) is 0.160. The average Bonchev–Trinajstić information content (AvgIpc) is 3.28. The molecule has 8 nitrogen and oxygen atoms in total. The van der Waals surface area contributed by atoms with Gasteiger partial charge in [-0.1, -0.05) is 23.9 Å². The molecule has 0 aliphatic rings. The van der Waals surface area contributed by atoms with Gasteiger partial charge < -0.3 is 10.1 Å². The van der Waals surface area contributed by atoms with Crippen molar-refractivity contribution in [3.8, 4) is 22.8 Å². The van der Waals surface area contributed by atoms with E-state index in [1.165, 1.54) is 18.7 Å². The molecule has 0 saturated carbocycles. The Balaban J connectivity index is 1.62. The molecule has 0 aliphatic heterocycles. The number of benzene rings is 2. The van der Waals surface area contributed by atoms with Crippen molar-refractivity contribution in [2.24, 2.45) is 0 Å². The van der Waals surface area contributed by atoms with Gasteiger partial charge in [-0.25, -0.2) is 0 Å². The smallest absolute Gasteiger partial charge is 0.237 e. The third kappa shape index (κ3) is 5.15. The summed E-state index contributed by atoms with van der Waals surface area (Å²) in [5, 5.41) is 11.7. The second kappa shape index (κ2) is 10.3. The van der Waals surface area contributed by atoms with Gasteiger partial charge in [0.2, 0.25) is 5.91 Å². The molecule has 0 spiro atoms. The fourth-order valence-corrected chi connectivity index (χ4v) is 4.14. The van der Waals surface area contributed by atoms with Crippen molar-refractivity contribution >= 4 is 29.1 Å². The fourth-order valence-electron chi connectivity index (χ4n) is 3.27. The quantitative estimate of drug-likeness (QED) is 0.293. The predicted molar refractivity (Wildman–Crippen MR) is 132 cm³/mol. The molecule has 0 unspecified atom stereocenters. The van der Waals surface area contributed by atoms with Gasteiger partial charge >= 0.3 is 0 Å². The molecule has 172 valence electrons. The van der Waals surface area contributed by atoms with Crippen molar-refractivity contribution in [2.75, 3.05) is 12.4 Å². The lowest BCUT2D eigenvalue weighted by molar-refractivity contribution is -0.115. The van der Waals surface area contributed by atoms with Crippen LogP contribution in [0.15, 0.2) is 78.2 Å². The highest BCUT2D eigenvalue weighted by Gasteiger charge is 2.22. The minimum absolute atomic E-state index is 0.0604. The number of anilines is 1. The van der Waals surface area contributed by atoms with Gasteiger partial charge in [0.25, 0.3) is 0 Å². The van der Waals surface area contributed by atoms with E-state index in [0.29, 0.717) is 22.2 Å². The number of hydrogen-bond acceptors (Lipinski definition) is 7. The zero-order valence-corrected chi connectivity index (χ0v) is 19.7. The summed E-state index contributed by atoms with van der Waals surface area (Å²) >= 11 is 1.29. The molecule has 4 aromatic rings. The zero-order chi connectivity index (χ0) is 24.1. The lowest BCUT2D eigenvalue weighted by atomic mass is 10.1. The van der Waals surface area contributed by atoms with Gasteiger partial charge in [0.15, 0.2) is 16.8 Å². The maximum Gasteiger partial charge on any atom is 0.237 e. The number of carbonyl (C=O) groups is 2. The lowest BCUT2D eigenvalue weighted by Crippen LogP contribution is -2.23. The van der Waals surface area contributed by atoms with E-state index in [9.17, 15) is 9.59 Å². The van der Waals surface area contributed by atoms with Crippen LogP contribution in [0.5, 0.6) is 5.75 Å². The van der Waals surface area contributed by atoms with Crippen LogP contribution < -0.4 is 10.1 Å². The van der Waals surface area contributed by atoms with E-state index in [4.69, 9.17) is 4.74 Å². The van der Waals surface area contributed by atoms with E-state index in [-0.39, 0.29) is 11.7 Å². The van der Waals surface area contributed by atoms with Gasteiger partial charge in [-0.3, -0.25) is 19.1 Å². The largest absolute Gasteiger partial charge is 0.497 e. The van der Waals surface area contributed by atoms with Crippen molar-refractivity contribution in [1.29, 1.82) is 0 Å². The first-order valence-electron chi connectivity index (χ1n) is 10.5.